The van der Waals surface area contributed by atoms with Crippen molar-refractivity contribution in [3.8, 4) is 11.5 Å². The Morgan fingerprint density at radius 1 is 1.03 bits per heavy atom. The third-order valence-electron chi connectivity index (χ3n) is 4.98. The predicted molar refractivity (Wildman–Crippen MR) is 130 cm³/mol. The third-order valence-corrected chi connectivity index (χ3v) is 7.02. The lowest BCUT2D eigenvalue weighted by atomic mass is 10.2. The molecule has 0 bridgehead atoms. The summed E-state index contributed by atoms with van der Waals surface area (Å²) in [4.78, 5) is 12.8. The van der Waals surface area contributed by atoms with Gasteiger partial charge in [0.2, 0.25) is 0 Å². The fourth-order valence-electron chi connectivity index (χ4n) is 3.01. The van der Waals surface area contributed by atoms with Crippen LogP contribution in [0.25, 0.3) is 0 Å². The average Bonchev–Trinajstić information content (AvgIpc) is 2.79. The van der Waals surface area contributed by atoms with Gasteiger partial charge < -0.3 is 14.8 Å². The molecule has 33 heavy (non-hydrogen) atoms. The van der Waals surface area contributed by atoms with Gasteiger partial charge in [0.1, 0.15) is 11.5 Å². The van der Waals surface area contributed by atoms with Crippen LogP contribution < -0.4 is 19.1 Å². The lowest BCUT2D eigenvalue weighted by Crippen LogP contribution is -2.30. The lowest BCUT2D eigenvalue weighted by molar-refractivity contribution is -0.122. The van der Waals surface area contributed by atoms with Crippen molar-refractivity contribution in [3.05, 3.63) is 77.3 Å². The zero-order valence-corrected chi connectivity index (χ0v) is 20.3. The summed E-state index contributed by atoms with van der Waals surface area (Å²) in [5, 5.41) is 3.19. The summed E-state index contributed by atoms with van der Waals surface area (Å²) in [7, 11) is -0.715. The van der Waals surface area contributed by atoms with Crippen LogP contribution in [0.4, 0.5) is 11.4 Å². The SMILES string of the molecule is COc1ccc(Cl)cc1NC(=O)C(C)Oc1ccc(N(C)S(=O)(=O)c2ccc(C)cc2)cc1. The van der Waals surface area contributed by atoms with Gasteiger partial charge in [0.05, 0.1) is 23.4 Å². The Morgan fingerprint density at radius 2 is 1.67 bits per heavy atom. The summed E-state index contributed by atoms with van der Waals surface area (Å²) in [5.41, 5.74) is 1.87. The first-order chi connectivity index (χ1) is 15.6. The Morgan fingerprint density at radius 3 is 2.27 bits per heavy atom. The van der Waals surface area contributed by atoms with Crippen molar-refractivity contribution in [2.45, 2.75) is 24.8 Å². The molecule has 0 aliphatic rings. The molecular weight excluding hydrogens is 464 g/mol. The molecule has 1 atom stereocenters. The second-order valence-electron chi connectivity index (χ2n) is 7.37. The van der Waals surface area contributed by atoms with E-state index in [0.717, 1.165) is 5.56 Å². The second-order valence-corrected chi connectivity index (χ2v) is 9.78. The monoisotopic (exact) mass is 488 g/mol. The average molecular weight is 489 g/mol. The van der Waals surface area contributed by atoms with Gasteiger partial charge in [-0.05, 0) is 68.4 Å². The molecule has 0 radical (unpaired) electrons. The van der Waals surface area contributed by atoms with E-state index in [1.807, 2.05) is 6.92 Å². The van der Waals surface area contributed by atoms with Gasteiger partial charge in [0.25, 0.3) is 15.9 Å². The highest BCUT2D eigenvalue weighted by molar-refractivity contribution is 7.92. The molecule has 1 N–H and O–H groups in total. The van der Waals surface area contributed by atoms with E-state index in [1.54, 1.807) is 73.7 Å². The summed E-state index contributed by atoms with van der Waals surface area (Å²) < 4.78 is 37.9. The van der Waals surface area contributed by atoms with Crippen LogP contribution in [0.15, 0.2) is 71.6 Å². The van der Waals surface area contributed by atoms with E-state index in [2.05, 4.69) is 5.32 Å². The highest BCUT2D eigenvalue weighted by Gasteiger charge is 2.22. The van der Waals surface area contributed by atoms with Gasteiger partial charge >= 0.3 is 0 Å². The van der Waals surface area contributed by atoms with Crippen LogP contribution in [0, 0.1) is 6.92 Å². The number of ether oxygens (including phenoxy) is 2. The first kappa shape index (κ1) is 24.4. The van der Waals surface area contributed by atoms with Crippen molar-refractivity contribution in [1.29, 1.82) is 0 Å². The zero-order valence-electron chi connectivity index (χ0n) is 18.7. The Kier molecular flexibility index (Phi) is 7.50. The van der Waals surface area contributed by atoms with E-state index >= 15 is 0 Å². The van der Waals surface area contributed by atoms with Crippen LogP contribution in [0.1, 0.15) is 12.5 Å². The number of sulfonamides is 1. The first-order valence-electron chi connectivity index (χ1n) is 10.1. The molecule has 0 saturated carbocycles. The molecule has 0 aliphatic heterocycles. The number of benzene rings is 3. The molecule has 0 heterocycles. The number of hydrogen-bond donors (Lipinski definition) is 1. The molecule has 0 aliphatic carbocycles. The summed E-state index contributed by atoms with van der Waals surface area (Å²) in [6.45, 7) is 3.50. The van der Waals surface area contributed by atoms with Crippen molar-refractivity contribution < 1.29 is 22.7 Å². The number of methoxy groups -OCH3 is 1. The minimum Gasteiger partial charge on any atom is -0.495 e. The van der Waals surface area contributed by atoms with Gasteiger partial charge in [-0.15, -0.1) is 0 Å². The summed E-state index contributed by atoms with van der Waals surface area (Å²) in [6, 6.07) is 18.0. The number of anilines is 2. The van der Waals surface area contributed by atoms with Gasteiger partial charge in [-0.3, -0.25) is 9.10 Å². The highest BCUT2D eigenvalue weighted by atomic mass is 35.5. The minimum absolute atomic E-state index is 0.206. The van der Waals surface area contributed by atoms with Crippen molar-refractivity contribution in [2.75, 3.05) is 23.8 Å². The molecule has 0 fully saturated rings. The number of aryl methyl sites for hydroxylation is 1. The van der Waals surface area contributed by atoms with Gasteiger partial charge in [-0.2, -0.15) is 0 Å². The highest BCUT2D eigenvalue weighted by Crippen LogP contribution is 2.28. The van der Waals surface area contributed by atoms with E-state index in [9.17, 15) is 13.2 Å². The topological polar surface area (TPSA) is 84.9 Å². The zero-order chi connectivity index (χ0) is 24.2. The fourth-order valence-corrected chi connectivity index (χ4v) is 4.38. The van der Waals surface area contributed by atoms with Crippen LogP contribution in [-0.4, -0.2) is 34.6 Å². The van der Waals surface area contributed by atoms with E-state index in [4.69, 9.17) is 21.1 Å². The first-order valence-corrected chi connectivity index (χ1v) is 11.9. The van der Waals surface area contributed by atoms with E-state index < -0.39 is 22.0 Å². The van der Waals surface area contributed by atoms with E-state index in [0.29, 0.717) is 27.9 Å². The molecular formula is C24H25ClN2O5S. The number of hydrogen-bond acceptors (Lipinski definition) is 5. The number of rotatable bonds is 8. The molecule has 7 nitrogen and oxygen atoms in total. The van der Waals surface area contributed by atoms with E-state index in [1.165, 1.54) is 18.5 Å². The van der Waals surface area contributed by atoms with Crippen molar-refractivity contribution in [1.82, 2.24) is 0 Å². The Hall–Kier alpha value is -3.23. The molecule has 0 saturated heterocycles. The number of carbonyl (C=O) groups excluding carboxylic acids is 1. The summed E-state index contributed by atoms with van der Waals surface area (Å²) in [6.07, 6.45) is -0.825. The standard InChI is InChI=1S/C24H25ClN2O5S/c1-16-5-12-21(13-6-16)33(29,30)27(3)19-8-10-20(11-9-19)32-17(2)24(28)26-22-15-18(25)7-14-23(22)31-4/h5-15,17H,1-4H3,(H,26,28). The van der Waals surface area contributed by atoms with Crippen molar-refractivity contribution in [2.24, 2.45) is 0 Å². The Bertz CT molecular complexity index is 1230. The number of nitrogens with zero attached hydrogens (tertiary/aromatic N) is 1. The van der Waals surface area contributed by atoms with Crippen LogP contribution >= 0.6 is 11.6 Å². The van der Waals surface area contributed by atoms with Crippen LogP contribution in [0.3, 0.4) is 0 Å². The van der Waals surface area contributed by atoms with Crippen LogP contribution in [0.5, 0.6) is 11.5 Å². The van der Waals surface area contributed by atoms with Crippen molar-refractivity contribution >= 4 is 38.9 Å². The number of amides is 1. The largest absolute Gasteiger partial charge is 0.495 e. The Labute approximate surface area is 198 Å². The van der Waals surface area contributed by atoms with Crippen molar-refractivity contribution in [3.63, 3.8) is 0 Å². The molecule has 3 rings (SSSR count). The molecule has 1 unspecified atom stereocenters. The van der Waals surface area contributed by atoms with Crippen LogP contribution in [0.2, 0.25) is 5.02 Å². The summed E-state index contributed by atoms with van der Waals surface area (Å²) in [5.74, 6) is 0.501. The molecule has 3 aromatic carbocycles. The smallest absolute Gasteiger partial charge is 0.265 e. The quantitative estimate of drug-likeness (QED) is 0.488. The summed E-state index contributed by atoms with van der Waals surface area (Å²) >= 11 is 6.00. The second kappa shape index (κ2) is 10.1. The predicted octanol–water partition coefficient (Wildman–Crippen LogP) is 4.89. The lowest BCUT2D eigenvalue weighted by Gasteiger charge is -2.20. The molecule has 0 spiro atoms. The van der Waals surface area contributed by atoms with Gasteiger partial charge in [-0.25, -0.2) is 8.42 Å². The van der Waals surface area contributed by atoms with Gasteiger partial charge in [0.15, 0.2) is 6.10 Å². The molecule has 3 aromatic rings. The Balaban J connectivity index is 1.68. The van der Waals surface area contributed by atoms with Gasteiger partial charge in [-0.1, -0.05) is 29.3 Å². The maximum absolute atomic E-state index is 12.9. The molecule has 0 aromatic heterocycles. The molecule has 1 amide bonds. The fraction of sp³-hybridized carbons (Fsp3) is 0.208. The number of halogens is 1. The third kappa shape index (κ3) is 5.77. The minimum atomic E-state index is -3.70. The maximum atomic E-state index is 12.9. The maximum Gasteiger partial charge on any atom is 0.265 e. The normalized spacial score (nSPS) is 12.0. The number of nitrogens with one attached hydrogen (secondary N) is 1. The molecule has 174 valence electrons. The van der Waals surface area contributed by atoms with Crippen LogP contribution in [-0.2, 0) is 14.8 Å². The number of carbonyl (C=O) groups is 1. The van der Waals surface area contributed by atoms with Gasteiger partial charge in [0, 0.05) is 12.1 Å². The molecule has 9 heteroatoms. The van der Waals surface area contributed by atoms with E-state index in [-0.39, 0.29) is 4.90 Å².